The van der Waals surface area contributed by atoms with Gasteiger partial charge in [-0.25, -0.2) is 8.78 Å². The molecule has 0 aliphatic carbocycles. The summed E-state index contributed by atoms with van der Waals surface area (Å²) in [6, 6.07) is 3.95. The number of halogens is 2. The zero-order valence-corrected chi connectivity index (χ0v) is 11.1. The van der Waals surface area contributed by atoms with Crippen LogP contribution in [-0.2, 0) is 4.74 Å². The second kappa shape index (κ2) is 6.41. The van der Waals surface area contributed by atoms with E-state index in [1.807, 2.05) is 0 Å². The molecular weight excluding hydrogens is 250 g/mol. The fourth-order valence-corrected chi connectivity index (χ4v) is 2.69. The van der Waals surface area contributed by atoms with Crippen LogP contribution in [0.2, 0.25) is 0 Å². The number of methoxy groups -OCH3 is 1. The van der Waals surface area contributed by atoms with E-state index in [1.54, 1.807) is 13.2 Å². The standard InChI is InChI=1S/C14H20F2N2O/c1-19-10-4-3-7-18(9-10)13(8-17)11-5-2-6-12(15)14(11)16/h2,5-6,10,13H,3-4,7-9,17H2,1H3. The van der Waals surface area contributed by atoms with Crippen molar-refractivity contribution < 1.29 is 13.5 Å². The molecule has 2 rings (SSSR count). The number of piperidine rings is 1. The van der Waals surface area contributed by atoms with Crippen molar-refractivity contribution in [2.45, 2.75) is 25.0 Å². The first-order valence-electron chi connectivity index (χ1n) is 6.58. The summed E-state index contributed by atoms with van der Waals surface area (Å²) in [7, 11) is 1.67. The first kappa shape index (κ1) is 14.4. The molecule has 1 heterocycles. The predicted octanol–water partition coefficient (Wildman–Crippen LogP) is 2.08. The second-order valence-electron chi connectivity index (χ2n) is 4.89. The molecule has 0 aromatic heterocycles. The van der Waals surface area contributed by atoms with Crippen molar-refractivity contribution >= 4 is 0 Å². The van der Waals surface area contributed by atoms with E-state index >= 15 is 0 Å². The van der Waals surface area contributed by atoms with Crippen molar-refractivity contribution in [1.82, 2.24) is 4.90 Å². The van der Waals surface area contributed by atoms with Crippen LogP contribution in [0.5, 0.6) is 0 Å². The summed E-state index contributed by atoms with van der Waals surface area (Å²) in [5.74, 6) is -1.62. The molecule has 2 atom stereocenters. The van der Waals surface area contributed by atoms with Gasteiger partial charge in [-0.1, -0.05) is 12.1 Å². The van der Waals surface area contributed by atoms with Gasteiger partial charge >= 0.3 is 0 Å². The summed E-state index contributed by atoms with van der Waals surface area (Å²) >= 11 is 0. The van der Waals surface area contributed by atoms with Crippen LogP contribution in [-0.4, -0.2) is 37.7 Å². The molecule has 2 N–H and O–H groups in total. The summed E-state index contributed by atoms with van der Waals surface area (Å²) in [6.45, 7) is 1.79. The van der Waals surface area contributed by atoms with E-state index in [2.05, 4.69) is 4.90 Å². The molecule has 1 fully saturated rings. The van der Waals surface area contributed by atoms with E-state index in [0.717, 1.165) is 25.5 Å². The summed E-state index contributed by atoms with van der Waals surface area (Å²) in [6.07, 6.45) is 2.11. The minimum Gasteiger partial charge on any atom is -0.380 e. The van der Waals surface area contributed by atoms with Crippen LogP contribution >= 0.6 is 0 Å². The van der Waals surface area contributed by atoms with Crippen molar-refractivity contribution in [2.75, 3.05) is 26.7 Å². The Kier molecular flexibility index (Phi) is 4.85. The van der Waals surface area contributed by atoms with E-state index in [4.69, 9.17) is 10.5 Å². The van der Waals surface area contributed by atoms with Gasteiger partial charge in [-0.2, -0.15) is 0 Å². The Bertz CT molecular complexity index is 428. The summed E-state index contributed by atoms with van der Waals surface area (Å²) < 4.78 is 32.6. The molecule has 1 saturated heterocycles. The lowest BCUT2D eigenvalue weighted by Gasteiger charge is -2.37. The molecular formula is C14H20F2N2O. The van der Waals surface area contributed by atoms with Gasteiger partial charge in [0.15, 0.2) is 11.6 Å². The summed E-state index contributed by atoms with van der Waals surface area (Å²) in [4.78, 5) is 2.08. The first-order chi connectivity index (χ1) is 9.17. The van der Waals surface area contributed by atoms with Crippen molar-refractivity contribution in [3.63, 3.8) is 0 Å². The lowest BCUT2D eigenvalue weighted by atomic mass is 10.00. The molecule has 106 valence electrons. The lowest BCUT2D eigenvalue weighted by Crippen LogP contribution is -2.44. The first-order valence-corrected chi connectivity index (χ1v) is 6.58. The number of ether oxygens (including phenoxy) is 1. The smallest absolute Gasteiger partial charge is 0.163 e. The number of hydrogen-bond acceptors (Lipinski definition) is 3. The maximum absolute atomic E-state index is 13.9. The van der Waals surface area contributed by atoms with Crippen molar-refractivity contribution in [2.24, 2.45) is 5.73 Å². The van der Waals surface area contributed by atoms with Gasteiger partial charge in [0.05, 0.1) is 12.1 Å². The molecule has 0 saturated carbocycles. The number of rotatable bonds is 4. The van der Waals surface area contributed by atoms with Crippen molar-refractivity contribution in [3.8, 4) is 0 Å². The third-order valence-corrected chi connectivity index (χ3v) is 3.75. The Morgan fingerprint density at radius 3 is 2.95 bits per heavy atom. The normalized spacial score (nSPS) is 22.4. The highest BCUT2D eigenvalue weighted by atomic mass is 19.2. The predicted molar refractivity (Wildman–Crippen MR) is 69.8 cm³/mol. The molecule has 3 nitrogen and oxygen atoms in total. The van der Waals surface area contributed by atoms with Crippen LogP contribution in [0, 0.1) is 11.6 Å². The molecule has 0 bridgehead atoms. The highest BCUT2D eigenvalue weighted by Gasteiger charge is 2.28. The monoisotopic (exact) mass is 270 g/mol. The number of likely N-dealkylation sites (tertiary alicyclic amines) is 1. The fourth-order valence-electron chi connectivity index (χ4n) is 2.69. The number of nitrogens with two attached hydrogens (primary N) is 1. The van der Waals surface area contributed by atoms with Crippen LogP contribution in [0.3, 0.4) is 0 Å². The largest absolute Gasteiger partial charge is 0.380 e. The number of benzene rings is 1. The fraction of sp³-hybridized carbons (Fsp3) is 0.571. The molecule has 2 unspecified atom stereocenters. The minimum atomic E-state index is -0.823. The van der Waals surface area contributed by atoms with E-state index in [-0.39, 0.29) is 18.7 Å². The molecule has 19 heavy (non-hydrogen) atoms. The Morgan fingerprint density at radius 1 is 1.47 bits per heavy atom. The van der Waals surface area contributed by atoms with Crippen molar-refractivity contribution in [3.05, 3.63) is 35.4 Å². The zero-order chi connectivity index (χ0) is 13.8. The van der Waals surface area contributed by atoms with Gasteiger partial charge in [0.25, 0.3) is 0 Å². The van der Waals surface area contributed by atoms with Gasteiger partial charge in [-0.05, 0) is 25.5 Å². The summed E-state index contributed by atoms with van der Waals surface area (Å²) in [5.41, 5.74) is 6.10. The van der Waals surface area contributed by atoms with E-state index in [9.17, 15) is 8.78 Å². The van der Waals surface area contributed by atoms with Crippen molar-refractivity contribution in [1.29, 1.82) is 0 Å². The minimum absolute atomic E-state index is 0.138. The highest BCUT2D eigenvalue weighted by Crippen LogP contribution is 2.27. The van der Waals surface area contributed by atoms with E-state index in [1.165, 1.54) is 6.07 Å². The van der Waals surface area contributed by atoms with Crippen LogP contribution in [0.4, 0.5) is 8.78 Å². The molecule has 1 aromatic carbocycles. The quantitative estimate of drug-likeness (QED) is 0.910. The second-order valence-corrected chi connectivity index (χ2v) is 4.89. The van der Waals surface area contributed by atoms with Crippen LogP contribution in [0.25, 0.3) is 0 Å². The third-order valence-electron chi connectivity index (χ3n) is 3.75. The zero-order valence-electron chi connectivity index (χ0n) is 11.1. The lowest BCUT2D eigenvalue weighted by molar-refractivity contribution is 0.0148. The molecule has 0 radical (unpaired) electrons. The average Bonchev–Trinajstić information content (AvgIpc) is 2.44. The summed E-state index contributed by atoms with van der Waals surface area (Å²) in [5, 5.41) is 0. The van der Waals surface area contributed by atoms with Crippen LogP contribution in [0.1, 0.15) is 24.4 Å². The van der Waals surface area contributed by atoms with Gasteiger partial charge in [-0.3, -0.25) is 4.90 Å². The van der Waals surface area contributed by atoms with Crippen LogP contribution in [0.15, 0.2) is 18.2 Å². The molecule has 1 aliphatic rings. The van der Waals surface area contributed by atoms with Gasteiger partial charge in [0, 0.05) is 25.8 Å². The molecule has 0 spiro atoms. The SMILES string of the molecule is COC1CCCN(C(CN)c2cccc(F)c2F)C1. The molecule has 1 aromatic rings. The topological polar surface area (TPSA) is 38.5 Å². The number of nitrogens with zero attached hydrogens (tertiary/aromatic N) is 1. The van der Waals surface area contributed by atoms with Gasteiger partial charge < -0.3 is 10.5 Å². The van der Waals surface area contributed by atoms with E-state index in [0.29, 0.717) is 12.1 Å². The molecule has 5 heteroatoms. The third kappa shape index (κ3) is 3.11. The Labute approximate surface area is 112 Å². The van der Waals surface area contributed by atoms with Gasteiger partial charge in [0.1, 0.15) is 0 Å². The van der Waals surface area contributed by atoms with E-state index < -0.39 is 11.6 Å². The molecule has 1 aliphatic heterocycles. The number of hydrogen-bond donors (Lipinski definition) is 1. The highest BCUT2D eigenvalue weighted by molar-refractivity contribution is 5.23. The Morgan fingerprint density at radius 2 is 2.26 bits per heavy atom. The maximum Gasteiger partial charge on any atom is 0.163 e. The average molecular weight is 270 g/mol. The van der Waals surface area contributed by atoms with Gasteiger partial charge in [-0.15, -0.1) is 0 Å². The Balaban J connectivity index is 2.21. The maximum atomic E-state index is 13.9. The Hall–Kier alpha value is -1.04. The van der Waals surface area contributed by atoms with Gasteiger partial charge in [0.2, 0.25) is 0 Å². The molecule has 0 amide bonds. The van der Waals surface area contributed by atoms with Crippen LogP contribution < -0.4 is 5.73 Å².